The van der Waals surface area contributed by atoms with Crippen molar-refractivity contribution in [2.45, 2.75) is 32.6 Å². The van der Waals surface area contributed by atoms with Crippen LogP contribution in [-0.4, -0.2) is 56.0 Å². The third-order valence-electron chi connectivity index (χ3n) is 4.30. The van der Waals surface area contributed by atoms with Crippen molar-refractivity contribution in [3.05, 3.63) is 0 Å². The molecule has 1 amide bonds. The minimum atomic E-state index is -3.17. The van der Waals surface area contributed by atoms with E-state index < -0.39 is 10.0 Å². The molecule has 0 aliphatic carbocycles. The standard InChI is InChI=1S/C13H24N2O3S/c1-11-5-8-14(9-6-11)13(16)12-4-3-7-15(10-12)19(2,17)18/h11-12H,3-10H2,1-2H3/t12-/m0/s1. The number of hydrogen-bond acceptors (Lipinski definition) is 3. The summed E-state index contributed by atoms with van der Waals surface area (Å²) in [6.45, 7) is 4.79. The molecular weight excluding hydrogens is 264 g/mol. The average molecular weight is 288 g/mol. The molecule has 6 heteroatoms. The lowest BCUT2D eigenvalue weighted by Gasteiger charge is -2.36. The van der Waals surface area contributed by atoms with Crippen LogP contribution in [-0.2, 0) is 14.8 Å². The van der Waals surface area contributed by atoms with E-state index in [1.165, 1.54) is 10.6 Å². The van der Waals surface area contributed by atoms with Crippen LogP contribution in [0.1, 0.15) is 32.6 Å². The van der Waals surface area contributed by atoms with Crippen LogP contribution in [0, 0.1) is 11.8 Å². The second kappa shape index (κ2) is 5.79. The number of carbonyl (C=O) groups is 1. The Balaban J connectivity index is 1.95. The zero-order valence-electron chi connectivity index (χ0n) is 11.8. The summed E-state index contributed by atoms with van der Waals surface area (Å²) in [6, 6.07) is 0. The van der Waals surface area contributed by atoms with Gasteiger partial charge in [-0.2, -0.15) is 0 Å². The number of nitrogens with zero attached hydrogens (tertiary/aromatic N) is 2. The Kier molecular flexibility index (Phi) is 4.50. The molecule has 0 aromatic rings. The van der Waals surface area contributed by atoms with E-state index in [1.807, 2.05) is 4.90 Å². The van der Waals surface area contributed by atoms with Gasteiger partial charge in [0.25, 0.3) is 0 Å². The van der Waals surface area contributed by atoms with Crippen molar-refractivity contribution in [2.24, 2.45) is 11.8 Å². The predicted octanol–water partition coefficient (Wildman–Crippen LogP) is 0.917. The van der Waals surface area contributed by atoms with Crippen molar-refractivity contribution >= 4 is 15.9 Å². The molecule has 0 aromatic carbocycles. The first-order valence-electron chi connectivity index (χ1n) is 7.12. The topological polar surface area (TPSA) is 57.7 Å². The van der Waals surface area contributed by atoms with E-state index in [2.05, 4.69) is 6.92 Å². The van der Waals surface area contributed by atoms with Crippen molar-refractivity contribution < 1.29 is 13.2 Å². The van der Waals surface area contributed by atoms with Gasteiger partial charge in [-0.3, -0.25) is 4.79 Å². The number of likely N-dealkylation sites (tertiary alicyclic amines) is 1. The average Bonchev–Trinajstić information content (AvgIpc) is 2.38. The van der Waals surface area contributed by atoms with Crippen molar-refractivity contribution in [2.75, 3.05) is 32.4 Å². The van der Waals surface area contributed by atoms with E-state index >= 15 is 0 Å². The van der Waals surface area contributed by atoms with Gasteiger partial charge in [-0.15, -0.1) is 0 Å². The Morgan fingerprint density at radius 2 is 1.74 bits per heavy atom. The first-order chi connectivity index (χ1) is 8.88. The highest BCUT2D eigenvalue weighted by atomic mass is 32.2. The number of carbonyl (C=O) groups excluding carboxylic acids is 1. The maximum absolute atomic E-state index is 12.4. The van der Waals surface area contributed by atoms with Gasteiger partial charge in [0.05, 0.1) is 12.2 Å². The Hall–Kier alpha value is -0.620. The third kappa shape index (κ3) is 3.69. The number of sulfonamides is 1. The smallest absolute Gasteiger partial charge is 0.227 e. The van der Waals surface area contributed by atoms with Gasteiger partial charge in [0.15, 0.2) is 0 Å². The second-order valence-electron chi connectivity index (χ2n) is 5.97. The molecule has 0 radical (unpaired) electrons. The summed E-state index contributed by atoms with van der Waals surface area (Å²) in [7, 11) is -3.17. The van der Waals surface area contributed by atoms with Gasteiger partial charge in [0.1, 0.15) is 0 Å². The Morgan fingerprint density at radius 1 is 1.11 bits per heavy atom. The van der Waals surface area contributed by atoms with Gasteiger partial charge in [-0.25, -0.2) is 12.7 Å². The third-order valence-corrected chi connectivity index (χ3v) is 5.57. The molecule has 2 heterocycles. The van der Waals surface area contributed by atoms with Crippen LogP contribution in [0.15, 0.2) is 0 Å². The first-order valence-corrected chi connectivity index (χ1v) is 8.96. The zero-order valence-corrected chi connectivity index (χ0v) is 12.7. The molecule has 2 aliphatic heterocycles. The predicted molar refractivity (Wildman–Crippen MR) is 74.1 cm³/mol. The molecule has 2 aliphatic rings. The fourth-order valence-electron chi connectivity index (χ4n) is 2.93. The summed E-state index contributed by atoms with van der Waals surface area (Å²) < 4.78 is 24.6. The van der Waals surface area contributed by atoms with E-state index in [4.69, 9.17) is 0 Å². The molecule has 19 heavy (non-hydrogen) atoms. The molecule has 0 spiro atoms. The van der Waals surface area contributed by atoms with Crippen LogP contribution in [0.3, 0.4) is 0 Å². The molecule has 0 saturated carbocycles. The van der Waals surface area contributed by atoms with Gasteiger partial charge >= 0.3 is 0 Å². The zero-order chi connectivity index (χ0) is 14.0. The monoisotopic (exact) mass is 288 g/mol. The lowest BCUT2D eigenvalue weighted by atomic mass is 9.94. The number of rotatable bonds is 2. The molecule has 5 nitrogen and oxygen atoms in total. The molecule has 110 valence electrons. The van der Waals surface area contributed by atoms with E-state index in [0.29, 0.717) is 19.0 Å². The largest absolute Gasteiger partial charge is 0.342 e. The van der Waals surface area contributed by atoms with Gasteiger partial charge in [0, 0.05) is 26.2 Å². The molecule has 2 fully saturated rings. The lowest BCUT2D eigenvalue weighted by molar-refractivity contribution is -0.138. The van der Waals surface area contributed by atoms with Crippen LogP contribution in [0.25, 0.3) is 0 Å². The summed E-state index contributed by atoms with van der Waals surface area (Å²) >= 11 is 0. The van der Waals surface area contributed by atoms with Crippen molar-refractivity contribution in [1.82, 2.24) is 9.21 Å². The summed E-state index contributed by atoms with van der Waals surface area (Å²) in [5, 5.41) is 0. The van der Waals surface area contributed by atoms with Gasteiger partial charge < -0.3 is 4.90 Å². The molecule has 2 rings (SSSR count). The van der Waals surface area contributed by atoms with Crippen LogP contribution in [0.5, 0.6) is 0 Å². The minimum Gasteiger partial charge on any atom is -0.342 e. The Morgan fingerprint density at radius 3 is 2.32 bits per heavy atom. The van der Waals surface area contributed by atoms with Crippen LogP contribution in [0.4, 0.5) is 0 Å². The second-order valence-corrected chi connectivity index (χ2v) is 7.95. The van der Waals surface area contributed by atoms with Crippen molar-refractivity contribution in [3.63, 3.8) is 0 Å². The number of piperidine rings is 2. The molecule has 0 aromatic heterocycles. The highest BCUT2D eigenvalue weighted by Gasteiger charge is 2.33. The van der Waals surface area contributed by atoms with Gasteiger partial charge in [-0.1, -0.05) is 6.92 Å². The lowest BCUT2D eigenvalue weighted by Crippen LogP contribution is -2.48. The molecule has 0 unspecified atom stereocenters. The minimum absolute atomic E-state index is 0.142. The van der Waals surface area contributed by atoms with E-state index in [9.17, 15) is 13.2 Å². The first kappa shape index (κ1) is 14.8. The highest BCUT2D eigenvalue weighted by Crippen LogP contribution is 2.23. The fraction of sp³-hybridized carbons (Fsp3) is 0.923. The fourth-order valence-corrected chi connectivity index (χ4v) is 3.84. The molecule has 0 N–H and O–H groups in total. The summed E-state index contributed by atoms with van der Waals surface area (Å²) in [6.07, 6.45) is 4.95. The van der Waals surface area contributed by atoms with Crippen LogP contribution >= 0.6 is 0 Å². The summed E-state index contributed by atoms with van der Waals surface area (Å²) in [5.41, 5.74) is 0. The Labute approximate surface area is 116 Å². The van der Waals surface area contributed by atoms with E-state index in [1.54, 1.807) is 0 Å². The SMILES string of the molecule is CC1CCN(C(=O)[C@H]2CCCN(S(C)(=O)=O)C2)CC1. The van der Waals surface area contributed by atoms with Gasteiger partial charge in [0.2, 0.25) is 15.9 Å². The maximum Gasteiger partial charge on any atom is 0.227 e. The molecule has 0 bridgehead atoms. The maximum atomic E-state index is 12.4. The summed E-state index contributed by atoms with van der Waals surface area (Å²) in [5.74, 6) is 0.708. The van der Waals surface area contributed by atoms with E-state index in [-0.39, 0.29) is 11.8 Å². The van der Waals surface area contributed by atoms with Crippen LogP contribution < -0.4 is 0 Å². The van der Waals surface area contributed by atoms with Crippen molar-refractivity contribution in [3.8, 4) is 0 Å². The van der Waals surface area contributed by atoms with Crippen LogP contribution in [0.2, 0.25) is 0 Å². The number of amides is 1. The molecule has 1 atom stereocenters. The van der Waals surface area contributed by atoms with E-state index in [0.717, 1.165) is 38.8 Å². The normalized spacial score (nSPS) is 27.5. The Bertz CT molecular complexity index is 427. The number of hydrogen-bond donors (Lipinski definition) is 0. The highest BCUT2D eigenvalue weighted by molar-refractivity contribution is 7.88. The van der Waals surface area contributed by atoms with Gasteiger partial charge in [-0.05, 0) is 31.6 Å². The van der Waals surface area contributed by atoms with Crippen molar-refractivity contribution in [1.29, 1.82) is 0 Å². The molecular formula is C13H24N2O3S. The molecule has 2 saturated heterocycles. The quantitative estimate of drug-likeness (QED) is 0.759. The summed E-state index contributed by atoms with van der Waals surface area (Å²) in [4.78, 5) is 14.4.